The maximum absolute atomic E-state index is 5.64. The first kappa shape index (κ1) is 14.1. The van der Waals surface area contributed by atoms with Gasteiger partial charge in [0.1, 0.15) is 0 Å². The van der Waals surface area contributed by atoms with Crippen LogP contribution in [0.15, 0.2) is 24.4 Å². The van der Waals surface area contributed by atoms with Gasteiger partial charge in [0.25, 0.3) is 0 Å². The lowest BCUT2D eigenvalue weighted by atomic mass is 10.0. The van der Waals surface area contributed by atoms with Gasteiger partial charge in [0.15, 0.2) is 0 Å². The monoisotopic (exact) mass is 258 g/mol. The van der Waals surface area contributed by atoms with Crippen LogP contribution in [0.25, 0.3) is 10.9 Å². The Balaban J connectivity index is 2.40. The van der Waals surface area contributed by atoms with Crippen LogP contribution in [0, 0.1) is 0 Å². The van der Waals surface area contributed by atoms with Crippen molar-refractivity contribution in [2.24, 2.45) is 5.73 Å². The third-order valence-corrected chi connectivity index (χ3v) is 3.84. The minimum absolute atomic E-state index is 0.761. The molecule has 0 saturated heterocycles. The van der Waals surface area contributed by atoms with Crippen LogP contribution in [0.4, 0.5) is 0 Å². The molecule has 19 heavy (non-hydrogen) atoms. The van der Waals surface area contributed by atoms with Gasteiger partial charge >= 0.3 is 0 Å². The summed E-state index contributed by atoms with van der Waals surface area (Å²) in [5.74, 6) is 0. The summed E-state index contributed by atoms with van der Waals surface area (Å²) in [6.07, 6.45) is 8.21. The van der Waals surface area contributed by atoms with Gasteiger partial charge in [-0.3, -0.25) is 0 Å². The van der Waals surface area contributed by atoms with Crippen LogP contribution < -0.4 is 5.73 Å². The van der Waals surface area contributed by atoms with Crippen LogP contribution in [-0.2, 0) is 19.4 Å². The van der Waals surface area contributed by atoms with Crippen LogP contribution >= 0.6 is 0 Å². The van der Waals surface area contributed by atoms with Gasteiger partial charge < -0.3 is 10.3 Å². The largest absolute Gasteiger partial charge is 0.347 e. The second-order valence-electron chi connectivity index (χ2n) is 5.30. The van der Waals surface area contributed by atoms with Gasteiger partial charge in [-0.25, -0.2) is 0 Å². The molecule has 2 heteroatoms. The molecule has 2 nitrogen and oxygen atoms in total. The predicted octanol–water partition coefficient (Wildman–Crippen LogP) is 3.90. The molecule has 104 valence electrons. The minimum atomic E-state index is 0.761. The summed E-state index contributed by atoms with van der Waals surface area (Å²) in [6, 6.07) is 6.91. The minimum Gasteiger partial charge on any atom is -0.347 e. The number of benzene rings is 1. The van der Waals surface area contributed by atoms with E-state index in [9.17, 15) is 0 Å². The second-order valence-corrected chi connectivity index (χ2v) is 5.30. The second kappa shape index (κ2) is 6.76. The fourth-order valence-corrected chi connectivity index (χ4v) is 2.65. The molecule has 1 heterocycles. The number of hydrogen-bond donors (Lipinski definition) is 1. The van der Waals surface area contributed by atoms with Crippen molar-refractivity contribution in [1.82, 2.24) is 4.57 Å². The molecule has 0 aliphatic heterocycles. The van der Waals surface area contributed by atoms with E-state index in [1.807, 2.05) is 0 Å². The zero-order valence-corrected chi connectivity index (χ0v) is 12.3. The highest BCUT2D eigenvalue weighted by Gasteiger charge is 2.08. The number of hydrogen-bond acceptors (Lipinski definition) is 1. The van der Waals surface area contributed by atoms with Gasteiger partial charge in [-0.15, -0.1) is 0 Å². The quantitative estimate of drug-likeness (QED) is 0.802. The molecule has 0 bridgehead atoms. The molecule has 2 N–H and O–H groups in total. The average Bonchev–Trinajstić information content (AvgIpc) is 2.80. The van der Waals surface area contributed by atoms with Crippen molar-refractivity contribution in [2.75, 3.05) is 6.54 Å². The molecule has 0 unspecified atom stereocenters. The fraction of sp³-hybridized carbons (Fsp3) is 0.529. The topological polar surface area (TPSA) is 30.9 Å². The molecule has 2 rings (SSSR count). The Morgan fingerprint density at radius 2 is 2.00 bits per heavy atom. The maximum Gasteiger partial charge on any atom is 0.0483 e. The molecular weight excluding hydrogens is 232 g/mol. The number of unbranched alkanes of at least 4 members (excludes halogenated alkanes) is 1. The van der Waals surface area contributed by atoms with Crippen LogP contribution in [0.3, 0.4) is 0 Å². The number of fused-ring (bicyclic) bond motifs is 1. The number of nitrogens with zero attached hydrogens (tertiary/aromatic N) is 1. The lowest BCUT2D eigenvalue weighted by Crippen LogP contribution is -2.04. The van der Waals surface area contributed by atoms with E-state index in [0.717, 1.165) is 25.9 Å². The van der Waals surface area contributed by atoms with Crippen molar-refractivity contribution < 1.29 is 0 Å². The van der Waals surface area contributed by atoms with Crippen molar-refractivity contribution in [3.63, 3.8) is 0 Å². The lowest BCUT2D eigenvalue weighted by Gasteiger charge is -2.04. The maximum atomic E-state index is 5.64. The lowest BCUT2D eigenvalue weighted by molar-refractivity contribution is 0.667. The summed E-state index contributed by atoms with van der Waals surface area (Å²) in [6.45, 7) is 6.27. The van der Waals surface area contributed by atoms with Crippen LogP contribution in [-0.4, -0.2) is 11.1 Å². The van der Waals surface area contributed by atoms with Gasteiger partial charge in [0.2, 0.25) is 0 Å². The van der Waals surface area contributed by atoms with E-state index in [-0.39, 0.29) is 0 Å². The molecule has 0 spiro atoms. The Hall–Kier alpha value is -1.28. The number of rotatable bonds is 7. The van der Waals surface area contributed by atoms with Crippen molar-refractivity contribution in [2.45, 2.75) is 52.5 Å². The highest BCUT2D eigenvalue weighted by atomic mass is 15.0. The van der Waals surface area contributed by atoms with Crippen molar-refractivity contribution in [3.8, 4) is 0 Å². The Bertz CT molecular complexity index is 525. The normalized spacial score (nSPS) is 11.3. The highest BCUT2D eigenvalue weighted by Crippen LogP contribution is 2.25. The van der Waals surface area contributed by atoms with Gasteiger partial charge in [0, 0.05) is 23.6 Å². The van der Waals surface area contributed by atoms with E-state index in [0.29, 0.717) is 0 Å². The van der Waals surface area contributed by atoms with Crippen LogP contribution in [0.2, 0.25) is 0 Å². The summed E-state index contributed by atoms with van der Waals surface area (Å²) in [5, 5.41) is 1.45. The van der Waals surface area contributed by atoms with E-state index >= 15 is 0 Å². The van der Waals surface area contributed by atoms with E-state index in [1.165, 1.54) is 41.3 Å². The van der Waals surface area contributed by atoms with Gasteiger partial charge in [-0.05, 0) is 55.5 Å². The summed E-state index contributed by atoms with van der Waals surface area (Å²) in [7, 11) is 0. The average molecular weight is 258 g/mol. The van der Waals surface area contributed by atoms with E-state index in [2.05, 4.69) is 42.8 Å². The summed E-state index contributed by atoms with van der Waals surface area (Å²) >= 11 is 0. The Kier molecular flexibility index (Phi) is 5.03. The number of aryl methyl sites for hydroxylation is 3. The predicted molar refractivity (Wildman–Crippen MR) is 83.6 cm³/mol. The number of aromatic nitrogens is 1. The van der Waals surface area contributed by atoms with Crippen molar-refractivity contribution >= 4 is 10.9 Å². The Morgan fingerprint density at radius 1 is 1.16 bits per heavy atom. The van der Waals surface area contributed by atoms with Crippen molar-refractivity contribution in [3.05, 3.63) is 35.5 Å². The molecule has 0 aliphatic rings. The molecule has 0 amide bonds. The van der Waals surface area contributed by atoms with Gasteiger partial charge in [-0.2, -0.15) is 0 Å². The Labute approximate surface area is 116 Å². The van der Waals surface area contributed by atoms with Crippen molar-refractivity contribution in [1.29, 1.82) is 0 Å². The molecule has 0 saturated carbocycles. The molecule has 0 radical (unpaired) electrons. The summed E-state index contributed by atoms with van der Waals surface area (Å²) in [5.41, 5.74) is 9.95. The molecular formula is C17H26N2. The van der Waals surface area contributed by atoms with Crippen LogP contribution in [0.5, 0.6) is 0 Å². The van der Waals surface area contributed by atoms with E-state index < -0.39 is 0 Å². The zero-order chi connectivity index (χ0) is 13.7. The first-order chi connectivity index (χ1) is 9.30. The van der Waals surface area contributed by atoms with Gasteiger partial charge in [0.05, 0.1) is 0 Å². The molecule has 1 aromatic carbocycles. The molecule has 0 atom stereocenters. The third-order valence-electron chi connectivity index (χ3n) is 3.84. The van der Waals surface area contributed by atoms with E-state index in [4.69, 9.17) is 5.73 Å². The smallest absolute Gasteiger partial charge is 0.0483 e. The molecule has 0 aliphatic carbocycles. The van der Waals surface area contributed by atoms with E-state index in [1.54, 1.807) is 0 Å². The third kappa shape index (κ3) is 3.19. The van der Waals surface area contributed by atoms with Gasteiger partial charge in [-0.1, -0.05) is 26.3 Å². The van der Waals surface area contributed by atoms with Crippen LogP contribution in [0.1, 0.15) is 44.2 Å². The summed E-state index contributed by atoms with van der Waals surface area (Å²) in [4.78, 5) is 0. The number of nitrogens with two attached hydrogens (primary N) is 1. The summed E-state index contributed by atoms with van der Waals surface area (Å²) < 4.78 is 2.38. The molecule has 0 fully saturated rings. The first-order valence-corrected chi connectivity index (χ1v) is 7.60. The SMILES string of the molecule is CCCCc1cn(CCCN)c2ccc(CC)cc12. The highest BCUT2D eigenvalue weighted by molar-refractivity contribution is 5.84. The zero-order valence-electron chi connectivity index (χ0n) is 12.3. The standard InChI is InChI=1S/C17H26N2/c1-3-5-7-15-13-19(11-6-10-18)17-9-8-14(4-2)12-16(15)17/h8-9,12-13H,3-7,10-11,18H2,1-2H3. The Morgan fingerprint density at radius 3 is 2.68 bits per heavy atom. The molecule has 1 aromatic heterocycles. The molecule has 2 aromatic rings. The first-order valence-electron chi connectivity index (χ1n) is 7.60. The fourth-order valence-electron chi connectivity index (χ4n) is 2.65.